The Morgan fingerprint density at radius 1 is 1.31 bits per heavy atom. The summed E-state index contributed by atoms with van der Waals surface area (Å²) in [7, 11) is 3.94. The molecule has 29 heavy (non-hydrogen) atoms. The van der Waals surface area contributed by atoms with E-state index < -0.39 is 0 Å². The first kappa shape index (κ1) is 21.7. The van der Waals surface area contributed by atoms with Crippen LogP contribution >= 0.6 is 11.3 Å². The zero-order chi connectivity index (χ0) is 20.6. The van der Waals surface area contributed by atoms with E-state index >= 15 is 0 Å². The minimum atomic E-state index is 0.249. The van der Waals surface area contributed by atoms with Crippen LogP contribution in [0.4, 0.5) is 0 Å². The average Bonchev–Trinajstić information content (AvgIpc) is 3.27. The second-order valence-corrected chi connectivity index (χ2v) is 8.68. The standard InChI is InChI=1S/C23H34N4OS/c1-5-24-23(26-17(2)21-9-7-15-29-21)25-16-19-8-6-14-27(3)22(19)18-10-12-20(28-4)13-11-18/h7,9-13,15,17,19,22H,5-6,8,14,16H2,1-4H3,(H2,24,25,26). The summed E-state index contributed by atoms with van der Waals surface area (Å²) >= 11 is 1.78. The number of nitrogens with one attached hydrogen (secondary N) is 2. The summed E-state index contributed by atoms with van der Waals surface area (Å²) in [6, 6.07) is 13.4. The number of methoxy groups -OCH3 is 1. The molecule has 0 spiro atoms. The Morgan fingerprint density at radius 3 is 2.76 bits per heavy atom. The first-order valence-corrected chi connectivity index (χ1v) is 11.4. The van der Waals surface area contributed by atoms with E-state index in [1.54, 1.807) is 18.4 Å². The van der Waals surface area contributed by atoms with Gasteiger partial charge in [-0.05, 0) is 75.3 Å². The van der Waals surface area contributed by atoms with E-state index in [1.165, 1.54) is 23.3 Å². The minimum Gasteiger partial charge on any atom is -0.497 e. The van der Waals surface area contributed by atoms with Crippen molar-refractivity contribution < 1.29 is 4.74 Å². The number of piperidine rings is 1. The van der Waals surface area contributed by atoms with Crippen LogP contribution in [0.2, 0.25) is 0 Å². The summed E-state index contributed by atoms with van der Waals surface area (Å²) in [4.78, 5) is 8.77. The smallest absolute Gasteiger partial charge is 0.191 e. The quantitative estimate of drug-likeness (QED) is 0.519. The number of hydrogen-bond donors (Lipinski definition) is 2. The van der Waals surface area contributed by atoms with Gasteiger partial charge in [-0.2, -0.15) is 0 Å². The highest BCUT2D eigenvalue weighted by Crippen LogP contribution is 2.35. The van der Waals surface area contributed by atoms with E-state index in [-0.39, 0.29) is 6.04 Å². The van der Waals surface area contributed by atoms with Crippen molar-refractivity contribution in [1.29, 1.82) is 0 Å². The highest BCUT2D eigenvalue weighted by Gasteiger charge is 2.30. The van der Waals surface area contributed by atoms with E-state index in [2.05, 4.69) is 78.2 Å². The predicted octanol–water partition coefficient (Wildman–Crippen LogP) is 4.46. The molecule has 0 amide bonds. The van der Waals surface area contributed by atoms with Gasteiger partial charge in [-0.25, -0.2) is 0 Å². The third kappa shape index (κ3) is 5.73. The predicted molar refractivity (Wildman–Crippen MR) is 123 cm³/mol. The Balaban J connectivity index is 1.72. The van der Waals surface area contributed by atoms with Crippen LogP contribution in [0.25, 0.3) is 0 Å². The lowest BCUT2D eigenvalue weighted by molar-refractivity contribution is 0.125. The highest BCUT2D eigenvalue weighted by molar-refractivity contribution is 7.10. The molecular formula is C23H34N4OS. The summed E-state index contributed by atoms with van der Waals surface area (Å²) in [5, 5.41) is 9.09. The van der Waals surface area contributed by atoms with E-state index in [0.717, 1.165) is 31.3 Å². The molecule has 5 nitrogen and oxygen atoms in total. The molecule has 2 aromatic rings. The van der Waals surface area contributed by atoms with Crippen LogP contribution in [0.15, 0.2) is 46.8 Å². The second-order valence-electron chi connectivity index (χ2n) is 7.70. The fourth-order valence-electron chi connectivity index (χ4n) is 4.12. The Labute approximate surface area is 179 Å². The fraction of sp³-hybridized carbons (Fsp3) is 0.522. The number of guanidine groups is 1. The van der Waals surface area contributed by atoms with Gasteiger partial charge in [0, 0.05) is 24.0 Å². The molecule has 0 bridgehead atoms. The summed E-state index contributed by atoms with van der Waals surface area (Å²) < 4.78 is 5.33. The van der Waals surface area contributed by atoms with Gasteiger partial charge in [0.15, 0.2) is 5.96 Å². The second kappa shape index (κ2) is 10.6. The van der Waals surface area contributed by atoms with Gasteiger partial charge >= 0.3 is 0 Å². The number of aliphatic imine (C=N–C) groups is 1. The van der Waals surface area contributed by atoms with Crippen molar-refractivity contribution in [2.24, 2.45) is 10.9 Å². The molecule has 1 aliphatic rings. The molecule has 1 saturated heterocycles. The maximum Gasteiger partial charge on any atom is 0.191 e. The van der Waals surface area contributed by atoms with Gasteiger partial charge < -0.3 is 15.4 Å². The molecule has 0 aliphatic carbocycles. The van der Waals surface area contributed by atoms with Gasteiger partial charge in [-0.15, -0.1) is 11.3 Å². The van der Waals surface area contributed by atoms with Crippen molar-refractivity contribution in [2.45, 2.75) is 38.8 Å². The molecule has 1 aromatic carbocycles. The first-order chi connectivity index (χ1) is 14.1. The monoisotopic (exact) mass is 414 g/mol. The molecule has 158 valence electrons. The Hall–Kier alpha value is -2.05. The topological polar surface area (TPSA) is 48.9 Å². The van der Waals surface area contributed by atoms with Crippen LogP contribution < -0.4 is 15.4 Å². The molecule has 0 saturated carbocycles. The number of likely N-dealkylation sites (tertiary alicyclic amines) is 1. The van der Waals surface area contributed by atoms with Crippen LogP contribution in [0.1, 0.15) is 49.2 Å². The number of rotatable bonds is 7. The van der Waals surface area contributed by atoms with Crippen LogP contribution in [0.5, 0.6) is 5.75 Å². The summed E-state index contributed by atoms with van der Waals surface area (Å²) in [6.45, 7) is 7.10. The largest absolute Gasteiger partial charge is 0.497 e. The third-order valence-corrected chi connectivity index (χ3v) is 6.67. The van der Waals surface area contributed by atoms with E-state index in [1.807, 2.05) is 0 Å². The molecule has 6 heteroatoms. The van der Waals surface area contributed by atoms with Crippen molar-refractivity contribution in [3.63, 3.8) is 0 Å². The van der Waals surface area contributed by atoms with Gasteiger partial charge in [0.2, 0.25) is 0 Å². The minimum absolute atomic E-state index is 0.249. The van der Waals surface area contributed by atoms with Crippen molar-refractivity contribution >= 4 is 17.3 Å². The lowest BCUT2D eigenvalue weighted by Crippen LogP contribution is -2.40. The Kier molecular flexibility index (Phi) is 7.95. The molecule has 2 N–H and O–H groups in total. The fourth-order valence-corrected chi connectivity index (χ4v) is 4.86. The zero-order valence-corrected chi connectivity index (χ0v) is 18.8. The van der Waals surface area contributed by atoms with Crippen LogP contribution in [0, 0.1) is 5.92 Å². The normalized spacial score (nSPS) is 21.6. The van der Waals surface area contributed by atoms with E-state index in [4.69, 9.17) is 9.73 Å². The maximum atomic E-state index is 5.33. The van der Waals surface area contributed by atoms with E-state index in [0.29, 0.717) is 12.0 Å². The summed E-state index contributed by atoms with van der Waals surface area (Å²) in [6.07, 6.45) is 2.42. The lowest BCUT2D eigenvalue weighted by Gasteiger charge is -2.39. The molecule has 2 heterocycles. The van der Waals surface area contributed by atoms with Crippen LogP contribution in [0.3, 0.4) is 0 Å². The van der Waals surface area contributed by atoms with Crippen molar-refractivity contribution in [3.05, 3.63) is 52.2 Å². The van der Waals surface area contributed by atoms with Gasteiger partial charge in [0.1, 0.15) is 5.75 Å². The molecule has 3 rings (SSSR count). The molecule has 0 radical (unpaired) electrons. The first-order valence-electron chi connectivity index (χ1n) is 10.5. The summed E-state index contributed by atoms with van der Waals surface area (Å²) in [5.41, 5.74) is 1.35. The Morgan fingerprint density at radius 2 is 2.10 bits per heavy atom. The SMILES string of the molecule is CCNC(=NCC1CCCN(C)C1c1ccc(OC)cc1)NC(C)c1cccs1. The van der Waals surface area contributed by atoms with Crippen molar-refractivity contribution in [3.8, 4) is 5.75 Å². The van der Waals surface area contributed by atoms with Crippen molar-refractivity contribution in [2.75, 3.05) is 33.8 Å². The highest BCUT2D eigenvalue weighted by atomic mass is 32.1. The van der Waals surface area contributed by atoms with Gasteiger partial charge in [-0.1, -0.05) is 18.2 Å². The molecule has 3 atom stereocenters. The van der Waals surface area contributed by atoms with Crippen molar-refractivity contribution in [1.82, 2.24) is 15.5 Å². The van der Waals surface area contributed by atoms with Crippen LogP contribution in [-0.2, 0) is 0 Å². The van der Waals surface area contributed by atoms with Crippen LogP contribution in [-0.4, -0.2) is 44.7 Å². The van der Waals surface area contributed by atoms with Gasteiger partial charge in [-0.3, -0.25) is 9.89 Å². The Bertz CT molecular complexity index is 760. The molecular weight excluding hydrogens is 380 g/mol. The van der Waals surface area contributed by atoms with Gasteiger partial charge in [0.05, 0.1) is 13.2 Å². The number of ether oxygens (including phenoxy) is 1. The number of hydrogen-bond acceptors (Lipinski definition) is 4. The lowest BCUT2D eigenvalue weighted by atomic mass is 9.85. The van der Waals surface area contributed by atoms with E-state index in [9.17, 15) is 0 Å². The third-order valence-electron chi connectivity index (χ3n) is 5.62. The van der Waals surface area contributed by atoms with Gasteiger partial charge in [0.25, 0.3) is 0 Å². The zero-order valence-electron chi connectivity index (χ0n) is 18.0. The average molecular weight is 415 g/mol. The molecule has 1 fully saturated rings. The summed E-state index contributed by atoms with van der Waals surface area (Å²) in [5.74, 6) is 2.30. The molecule has 3 unspecified atom stereocenters. The molecule has 1 aromatic heterocycles. The number of nitrogens with zero attached hydrogens (tertiary/aromatic N) is 2. The number of thiophene rings is 1. The number of benzene rings is 1. The molecule has 1 aliphatic heterocycles. The maximum absolute atomic E-state index is 5.33.